The fourth-order valence-corrected chi connectivity index (χ4v) is 3.37. The Labute approximate surface area is 165 Å². The second-order valence-electron chi connectivity index (χ2n) is 7.69. The van der Waals surface area contributed by atoms with Crippen molar-refractivity contribution in [1.29, 1.82) is 0 Å². The van der Waals surface area contributed by atoms with E-state index in [1.54, 1.807) is 0 Å². The minimum Gasteiger partial charge on any atom is -0.382 e. The van der Waals surface area contributed by atoms with Crippen LogP contribution in [0.1, 0.15) is 122 Å². The highest BCUT2D eigenvalue weighted by Crippen LogP contribution is 2.12. The number of hydrogen-bond acceptors (Lipinski definition) is 2. The molecule has 0 aromatic carbocycles. The van der Waals surface area contributed by atoms with Gasteiger partial charge in [-0.3, -0.25) is 0 Å². The zero-order chi connectivity index (χ0) is 19.0. The predicted molar refractivity (Wildman–Crippen MR) is 118 cm³/mol. The molecule has 0 unspecified atom stereocenters. The Morgan fingerprint density at radius 1 is 0.538 bits per heavy atom. The normalized spacial score (nSPS) is 11.6. The van der Waals surface area contributed by atoms with Gasteiger partial charge in [0.25, 0.3) is 0 Å². The van der Waals surface area contributed by atoms with Gasteiger partial charge in [-0.15, -0.1) is 0 Å². The van der Waals surface area contributed by atoms with Gasteiger partial charge in [-0.2, -0.15) is 0 Å². The first kappa shape index (κ1) is 25.7. The lowest BCUT2D eigenvalue weighted by Gasteiger charge is -2.02. The molecule has 0 aliphatic carbocycles. The Morgan fingerprint density at radius 3 is 1.35 bits per heavy atom. The summed E-state index contributed by atoms with van der Waals surface area (Å²) in [6.07, 6.45) is 29.4. The van der Waals surface area contributed by atoms with Crippen LogP contribution in [-0.2, 0) is 4.74 Å². The highest BCUT2D eigenvalue weighted by atomic mass is 16.5. The van der Waals surface area contributed by atoms with E-state index in [1.807, 2.05) is 0 Å². The fraction of sp³-hybridized carbons (Fsp3) is 0.917. The Balaban J connectivity index is 3.04. The molecule has 0 radical (unpaired) electrons. The van der Waals surface area contributed by atoms with Crippen molar-refractivity contribution in [3.8, 4) is 0 Å². The van der Waals surface area contributed by atoms with E-state index < -0.39 is 0 Å². The third kappa shape index (κ3) is 23.7. The van der Waals surface area contributed by atoms with Gasteiger partial charge in [-0.25, -0.2) is 0 Å². The lowest BCUT2D eigenvalue weighted by atomic mass is 10.1. The van der Waals surface area contributed by atoms with Crippen molar-refractivity contribution in [1.82, 2.24) is 0 Å². The second-order valence-corrected chi connectivity index (χ2v) is 7.69. The summed E-state index contributed by atoms with van der Waals surface area (Å²) in [6, 6.07) is 0. The van der Waals surface area contributed by atoms with Crippen LogP contribution < -0.4 is 5.73 Å². The number of nitrogens with two attached hydrogens (primary N) is 1. The molecule has 26 heavy (non-hydrogen) atoms. The van der Waals surface area contributed by atoms with Crippen molar-refractivity contribution >= 4 is 0 Å². The molecule has 0 rings (SSSR count). The monoisotopic (exact) mass is 367 g/mol. The molecular weight excluding hydrogens is 318 g/mol. The maximum Gasteiger partial charge on any atom is 0.0465 e. The molecule has 0 saturated heterocycles. The summed E-state index contributed by atoms with van der Waals surface area (Å²) < 4.78 is 5.36. The second kappa shape index (κ2) is 24.7. The van der Waals surface area contributed by atoms with Crippen molar-refractivity contribution in [2.75, 3.05) is 19.8 Å². The van der Waals surface area contributed by atoms with Crippen LogP contribution in [0.3, 0.4) is 0 Å². The third-order valence-corrected chi connectivity index (χ3v) is 5.11. The van der Waals surface area contributed by atoms with Crippen molar-refractivity contribution in [3.05, 3.63) is 12.2 Å². The lowest BCUT2D eigenvalue weighted by molar-refractivity contribution is 0.143. The quantitative estimate of drug-likeness (QED) is 0.158. The molecule has 156 valence electrons. The van der Waals surface area contributed by atoms with E-state index in [4.69, 9.17) is 10.5 Å². The summed E-state index contributed by atoms with van der Waals surface area (Å²) in [7, 11) is 0. The first-order valence-electron chi connectivity index (χ1n) is 11.8. The van der Waals surface area contributed by atoms with E-state index in [0.717, 1.165) is 19.8 Å². The van der Waals surface area contributed by atoms with E-state index in [-0.39, 0.29) is 0 Å². The van der Waals surface area contributed by atoms with Gasteiger partial charge in [0.1, 0.15) is 0 Å². The Bertz CT molecular complexity index is 265. The van der Waals surface area contributed by atoms with E-state index in [0.29, 0.717) is 0 Å². The summed E-state index contributed by atoms with van der Waals surface area (Å²) in [6.45, 7) is 4.75. The average molecular weight is 368 g/mol. The summed E-state index contributed by atoms with van der Waals surface area (Å²) >= 11 is 0. The molecule has 0 atom stereocenters. The molecule has 2 nitrogen and oxygen atoms in total. The minimum absolute atomic E-state index is 0.863. The van der Waals surface area contributed by atoms with Crippen molar-refractivity contribution in [2.45, 2.75) is 122 Å². The molecule has 0 aliphatic heterocycles. The largest absolute Gasteiger partial charge is 0.382 e. The van der Waals surface area contributed by atoms with Crippen molar-refractivity contribution in [2.24, 2.45) is 5.73 Å². The molecule has 0 amide bonds. The van der Waals surface area contributed by atoms with Crippen molar-refractivity contribution < 1.29 is 4.74 Å². The molecule has 0 fully saturated rings. The van der Waals surface area contributed by atoms with E-state index in [2.05, 4.69) is 19.1 Å². The number of ether oxygens (including phenoxy) is 1. The van der Waals surface area contributed by atoms with Gasteiger partial charge < -0.3 is 10.5 Å². The van der Waals surface area contributed by atoms with Crippen LogP contribution in [-0.4, -0.2) is 19.8 Å². The SMILES string of the molecule is CCOCCCCCCCC/C=C/CCCCCCCCCCCCN. The molecule has 0 bridgehead atoms. The van der Waals surface area contributed by atoms with Gasteiger partial charge in [0, 0.05) is 13.2 Å². The summed E-state index contributed by atoms with van der Waals surface area (Å²) in [5.74, 6) is 0. The standard InChI is InChI=1S/C24H49NO/c1-2-26-24-22-20-18-16-14-12-10-8-6-4-3-5-7-9-11-13-15-17-19-21-23-25/h6,8H,2-5,7,9-25H2,1H3/b8-6+. The third-order valence-electron chi connectivity index (χ3n) is 5.11. The summed E-state index contributed by atoms with van der Waals surface area (Å²) in [5, 5.41) is 0. The first-order valence-corrected chi connectivity index (χ1v) is 11.8. The molecule has 2 heteroatoms. The number of hydrogen-bond donors (Lipinski definition) is 1. The topological polar surface area (TPSA) is 35.2 Å². The maximum atomic E-state index is 5.51. The number of rotatable bonds is 22. The first-order chi connectivity index (χ1) is 12.9. The fourth-order valence-electron chi connectivity index (χ4n) is 3.37. The molecule has 0 aromatic heterocycles. The molecule has 2 N–H and O–H groups in total. The highest BCUT2D eigenvalue weighted by molar-refractivity contribution is 4.81. The maximum absolute atomic E-state index is 5.51. The molecule has 0 aliphatic rings. The van der Waals surface area contributed by atoms with Crippen LogP contribution >= 0.6 is 0 Å². The van der Waals surface area contributed by atoms with Crippen LogP contribution in [0.15, 0.2) is 12.2 Å². The minimum atomic E-state index is 0.863. The van der Waals surface area contributed by atoms with Crippen LogP contribution in [0.25, 0.3) is 0 Å². The summed E-state index contributed by atoms with van der Waals surface area (Å²) in [4.78, 5) is 0. The Morgan fingerprint density at radius 2 is 0.923 bits per heavy atom. The van der Waals surface area contributed by atoms with Crippen LogP contribution in [0.5, 0.6) is 0 Å². The van der Waals surface area contributed by atoms with Crippen LogP contribution in [0.4, 0.5) is 0 Å². The number of unbranched alkanes of at least 4 members (excludes halogenated alkanes) is 16. The van der Waals surface area contributed by atoms with Crippen LogP contribution in [0, 0.1) is 0 Å². The Kier molecular flexibility index (Phi) is 24.3. The Hall–Kier alpha value is -0.340. The van der Waals surface area contributed by atoms with Gasteiger partial charge in [0.15, 0.2) is 0 Å². The molecule has 0 aromatic rings. The van der Waals surface area contributed by atoms with E-state index in [1.165, 1.54) is 116 Å². The molecule has 0 saturated carbocycles. The van der Waals surface area contributed by atoms with Gasteiger partial charge >= 0.3 is 0 Å². The van der Waals surface area contributed by atoms with E-state index in [9.17, 15) is 0 Å². The van der Waals surface area contributed by atoms with Gasteiger partial charge in [0.2, 0.25) is 0 Å². The smallest absolute Gasteiger partial charge is 0.0465 e. The van der Waals surface area contributed by atoms with Crippen molar-refractivity contribution in [3.63, 3.8) is 0 Å². The zero-order valence-electron chi connectivity index (χ0n) is 18.0. The molecule has 0 spiro atoms. The average Bonchev–Trinajstić information content (AvgIpc) is 2.66. The van der Waals surface area contributed by atoms with Gasteiger partial charge in [0.05, 0.1) is 0 Å². The zero-order valence-corrected chi connectivity index (χ0v) is 18.0. The predicted octanol–water partition coefficient (Wildman–Crippen LogP) is 7.56. The lowest BCUT2D eigenvalue weighted by Crippen LogP contribution is -1.97. The molecular formula is C24H49NO. The summed E-state index contributed by atoms with van der Waals surface area (Å²) in [5.41, 5.74) is 5.51. The highest BCUT2D eigenvalue weighted by Gasteiger charge is 1.93. The van der Waals surface area contributed by atoms with Gasteiger partial charge in [-0.05, 0) is 52.0 Å². The number of allylic oxidation sites excluding steroid dienone is 2. The van der Waals surface area contributed by atoms with E-state index >= 15 is 0 Å². The van der Waals surface area contributed by atoms with Gasteiger partial charge in [-0.1, -0.05) is 89.2 Å². The molecule has 0 heterocycles. The van der Waals surface area contributed by atoms with Crippen LogP contribution in [0.2, 0.25) is 0 Å².